The molecule has 0 aliphatic carbocycles. The topological polar surface area (TPSA) is 71.5 Å². The molecule has 108 valence electrons. The minimum atomic E-state index is -3.84. The Labute approximate surface area is 118 Å². The van der Waals surface area contributed by atoms with Gasteiger partial charge in [0, 0.05) is 23.3 Å². The average Bonchev–Trinajstić information content (AvgIpc) is 2.28. The number of hydrogen-bond donors (Lipinski definition) is 0. The van der Waals surface area contributed by atoms with Crippen LogP contribution in [0.5, 0.6) is 0 Å². The molecule has 0 spiro atoms. The molecule has 0 saturated carbocycles. The zero-order valence-electron chi connectivity index (χ0n) is 10.9. The Morgan fingerprint density at radius 2 is 1.47 bits per heavy atom. The lowest BCUT2D eigenvalue weighted by atomic mass is 10.4. The summed E-state index contributed by atoms with van der Waals surface area (Å²) in [5.41, 5.74) is 0. The monoisotopic (exact) mass is 325 g/mol. The molecule has 0 unspecified atom stereocenters. The molecule has 0 heterocycles. The second-order valence-electron chi connectivity index (χ2n) is 4.21. The van der Waals surface area contributed by atoms with E-state index in [1.165, 1.54) is 28.6 Å². The van der Waals surface area contributed by atoms with Gasteiger partial charge in [-0.3, -0.25) is 0 Å². The van der Waals surface area contributed by atoms with Gasteiger partial charge in [0.2, 0.25) is 10.0 Å². The lowest BCUT2D eigenvalue weighted by Gasteiger charge is -2.24. The predicted molar refractivity (Wildman–Crippen MR) is 74.2 cm³/mol. The maximum atomic E-state index is 12.3. The van der Waals surface area contributed by atoms with E-state index in [-0.39, 0.29) is 15.8 Å². The molecule has 8 heteroatoms. The van der Waals surface area contributed by atoms with E-state index in [0.717, 1.165) is 0 Å². The minimum absolute atomic E-state index is 0.0483. The van der Waals surface area contributed by atoms with Crippen LogP contribution in [0.4, 0.5) is 0 Å². The van der Waals surface area contributed by atoms with E-state index in [9.17, 15) is 16.8 Å². The Kier molecular flexibility index (Phi) is 5.00. The summed E-state index contributed by atoms with van der Waals surface area (Å²) in [6.45, 7) is 5.64. The number of rotatable bonds is 5. The summed E-state index contributed by atoms with van der Waals surface area (Å²) >= 11 is 0. The van der Waals surface area contributed by atoms with E-state index >= 15 is 0 Å². The summed E-state index contributed by atoms with van der Waals surface area (Å²) in [6, 6.07) is 4.68. The molecule has 0 N–H and O–H groups in total. The molecule has 0 atom stereocenters. The van der Waals surface area contributed by atoms with Crippen molar-refractivity contribution in [2.45, 2.75) is 36.6 Å². The molecule has 0 amide bonds. The van der Waals surface area contributed by atoms with Crippen LogP contribution in [0.2, 0.25) is 0 Å². The van der Waals surface area contributed by atoms with Crippen LogP contribution in [0, 0.1) is 0 Å². The van der Waals surface area contributed by atoms with Crippen LogP contribution in [0.1, 0.15) is 20.8 Å². The summed E-state index contributed by atoms with van der Waals surface area (Å²) in [7, 11) is -2.28. The number of hydrogen-bond acceptors (Lipinski definition) is 4. The molecule has 19 heavy (non-hydrogen) atoms. The molecule has 5 nitrogen and oxygen atoms in total. The van der Waals surface area contributed by atoms with Crippen LogP contribution >= 0.6 is 10.7 Å². The van der Waals surface area contributed by atoms with Gasteiger partial charge in [0.1, 0.15) is 0 Å². The van der Waals surface area contributed by atoms with Crippen molar-refractivity contribution in [1.82, 2.24) is 4.31 Å². The van der Waals surface area contributed by atoms with Crippen molar-refractivity contribution in [3.05, 3.63) is 24.3 Å². The normalized spacial score (nSPS) is 13.2. The van der Waals surface area contributed by atoms with E-state index in [4.69, 9.17) is 10.7 Å². The van der Waals surface area contributed by atoms with Crippen LogP contribution < -0.4 is 0 Å². The summed E-state index contributed by atoms with van der Waals surface area (Å²) in [5, 5.41) is 0. The Morgan fingerprint density at radius 1 is 1.05 bits per heavy atom. The van der Waals surface area contributed by atoms with Gasteiger partial charge in [0.25, 0.3) is 9.05 Å². The van der Waals surface area contributed by atoms with Crippen LogP contribution in [0.15, 0.2) is 34.1 Å². The zero-order chi connectivity index (χ0) is 14.8. The van der Waals surface area contributed by atoms with Crippen LogP contribution in [-0.4, -0.2) is 33.7 Å². The van der Waals surface area contributed by atoms with Crippen molar-refractivity contribution in [2.24, 2.45) is 0 Å². The first-order valence-electron chi connectivity index (χ1n) is 5.67. The lowest BCUT2D eigenvalue weighted by Crippen LogP contribution is -2.36. The highest BCUT2D eigenvalue weighted by Gasteiger charge is 2.25. The number of halogens is 1. The van der Waals surface area contributed by atoms with Gasteiger partial charge in [-0.15, -0.1) is 0 Å². The fourth-order valence-electron chi connectivity index (χ4n) is 1.72. The summed E-state index contributed by atoms with van der Waals surface area (Å²) in [4.78, 5) is -0.0761. The third-order valence-corrected chi connectivity index (χ3v) is 6.13. The maximum Gasteiger partial charge on any atom is 0.261 e. The Bertz CT molecular complexity index is 636. The van der Waals surface area contributed by atoms with Crippen molar-refractivity contribution < 1.29 is 16.8 Å². The van der Waals surface area contributed by atoms with Crippen LogP contribution in [0.25, 0.3) is 0 Å². The Hall–Kier alpha value is -0.630. The third-order valence-electron chi connectivity index (χ3n) is 2.60. The molecule has 0 fully saturated rings. The van der Waals surface area contributed by atoms with Crippen LogP contribution in [-0.2, 0) is 19.1 Å². The van der Waals surface area contributed by atoms with Gasteiger partial charge in [0.05, 0.1) is 9.79 Å². The van der Waals surface area contributed by atoms with Crippen molar-refractivity contribution >= 4 is 29.8 Å². The van der Waals surface area contributed by atoms with Gasteiger partial charge in [0.15, 0.2) is 0 Å². The first kappa shape index (κ1) is 16.4. The van der Waals surface area contributed by atoms with E-state index in [1.807, 2.05) is 0 Å². The molecular formula is C11H16ClNO4S2. The predicted octanol–water partition coefficient (Wildman–Crippen LogP) is 2.03. The highest BCUT2D eigenvalue weighted by Crippen LogP contribution is 2.21. The number of sulfonamides is 1. The Morgan fingerprint density at radius 3 is 1.79 bits per heavy atom. The molecule has 0 aromatic heterocycles. The maximum absolute atomic E-state index is 12.3. The lowest BCUT2D eigenvalue weighted by molar-refractivity contribution is 0.369. The van der Waals surface area contributed by atoms with E-state index < -0.39 is 19.1 Å². The molecule has 0 aliphatic rings. The minimum Gasteiger partial charge on any atom is -0.207 e. The third kappa shape index (κ3) is 3.68. The van der Waals surface area contributed by atoms with Gasteiger partial charge in [-0.2, -0.15) is 4.31 Å². The summed E-state index contributed by atoms with van der Waals surface area (Å²) < 4.78 is 48.1. The van der Waals surface area contributed by atoms with Gasteiger partial charge >= 0.3 is 0 Å². The summed E-state index contributed by atoms with van der Waals surface area (Å²) in [6.07, 6.45) is 0. The first-order valence-corrected chi connectivity index (χ1v) is 9.42. The smallest absolute Gasteiger partial charge is 0.207 e. The van der Waals surface area contributed by atoms with Crippen molar-refractivity contribution in [1.29, 1.82) is 0 Å². The highest BCUT2D eigenvalue weighted by molar-refractivity contribution is 8.13. The fraction of sp³-hybridized carbons (Fsp3) is 0.455. The highest BCUT2D eigenvalue weighted by atomic mass is 35.7. The zero-order valence-corrected chi connectivity index (χ0v) is 13.3. The largest absolute Gasteiger partial charge is 0.261 e. The quantitative estimate of drug-likeness (QED) is 0.777. The standard InChI is InChI=1S/C11H16ClNO4S2/c1-4-13(9(2)3)19(16,17)11-7-5-10(6-8-11)18(12,14)15/h5-9H,4H2,1-3H3. The van der Waals surface area contributed by atoms with Gasteiger partial charge in [-0.1, -0.05) is 6.92 Å². The Balaban J connectivity index is 3.24. The van der Waals surface area contributed by atoms with Gasteiger partial charge in [-0.25, -0.2) is 16.8 Å². The van der Waals surface area contributed by atoms with Gasteiger partial charge in [-0.05, 0) is 38.1 Å². The van der Waals surface area contributed by atoms with E-state index in [2.05, 4.69) is 0 Å². The van der Waals surface area contributed by atoms with Crippen molar-refractivity contribution in [3.63, 3.8) is 0 Å². The molecule has 1 rings (SSSR count). The molecule has 0 aliphatic heterocycles. The van der Waals surface area contributed by atoms with Gasteiger partial charge < -0.3 is 0 Å². The molecule has 0 bridgehead atoms. The molecule has 0 radical (unpaired) electrons. The van der Waals surface area contributed by atoms with E-state index in [1.54, 1.807) is 20.8 Å². The fourth-order valence-corrected chi connectivity index (χ4v) is 4.14. The second kappa shape index (κ2) is 5.78. The van der Waals surface area contributed by atoms with Crippen LogP contribution in [0.3, 0.4) is 0 Å². The van der Waals surface area contributed by atoms with E-state index in [0.29, 0.717) is 6.54 Å². The average molecular weight is 326 g/mol. The first-order chi connectivity index (χ1) is 8.60. The van der Waals surface area contributed by atoms with Crippen molar-refractivity contribution in [3.8, 4) is 0 Å². The molecule has 1 aromatic carbocycles. The van der Waals surface area contributed by atoms with Crippen molar-refractivity contribution in [2.75, 3.05) is 6.54 Å². The SMILES string of the molecule is CCN(C(C)C)S(=O)(=O)c1ccc(S(=O)(=O)Cl)cc1. The molecule has 0 saturated heterocycles. The number of benzene rings is 1. The number of nitrogens with zero attached hydrogens (tertiary/aromatic N) is 1. The second-order valence-corrected chi connectivity index (χ2v) is 8.67. The summed E-state index contributed by atoms with van der Waals surface area (Å²) in [5.74, 6) is 0. The molecular weight excluding hydrogens is 310 g/mol. The molecule has 1 aromatic rings.